The van der Waals surface area contributed by atoms with Gasteiger partial charge in [-0.2, -0.15) is 0 Å². The first-order chi connectivity index (χ1) is 9.28. The molecule has 3 heteroatoms. The minimum absolute atomic E-state index is 0.379. The molecule has 1 aromatic carbocycles. The minimum atomic E-state index is 0.379. The van der Waals surface area contributed by atoms with Crippen LogP contribution < -0.4 is 11.1 Å². The first kappa shape index (κ1) is 12.9. The third-order valence-electron chi connectivity index (χ3n) is 4.51. The summed E-state index contributed by atoms with van der Waals surface area (Å²) in [7, 11) is 0. The van der Waals surface area contributed by atoms with E-state index in [2.05, 4.69) is 17.4 Å². The van der Waals surface area contributed by atoms with Gasteiger partial charge in [0, 0.05) is 24.3 Å². The molecule has 1 heterocycles. The van der Waals surface area contributed by atoms with Crippen molar-refractivity contribution in [3.8, 4) is 0 Å². The summed E-state index contributed by atoms with van der Waals surface area (Å²) < 4.78 is 5.64. The Morgan fingerprint density at radius 3 is 2.68 bits per heavy atom. The third kappa shape index (κ3) is 3.10. The second-order valence-electron chi connectivity index (χ2n) is 6.00. The van der Waals surface area contributed by atoms with E-state index in [1.165, 1.54) is 31.2 Å². The summed E-state index contributed by atoms with van der Waals surface area (Å²) in [6.45, 7) is 3.12. The third-order valence-corrected chi connectivity index (χ3v) is 4.51. The van der Waals surface area contributed by atoms with Crippen LogP contribution in [0, 0.1) is 0 Å². The predicted octanol–water partition coefficient (Wildman–Crippen LogP) is 2.46. The fraction of sp³-hybridized carbons (Fsp3) is 0.625. The number of nitrogens with one attached hydrogen (secondary N) is 1. The van der Waals surface area contributed by atoms with Crippen LogP contribution in [0.25, 0.3) is 0 Å². The molecule has 1 saturated heterocycles. The lowest BCUT2D eigenvalue weighted by molar-refractivity contribution is 0.104. The van der Waals surface area contributed by atoms with E-state index >= 15 is 0 Å². The van der Waals surface area contributed by atoms with Crippen LogP contribution in [-0.2, 0) is 10.2 Å². The van der Waals surface area contributed by atoms with Crippen molar-refractivity contribution < 1.29 is 4.74 Å². The topological polar surface area (TPSA) is 47.3 Å². The highest BCUT2D eigenvalue weighted by Crippen LogP contribution is 2.47. The molecule has 1 aromatic rings. The zero-order valence-corrected chi connectivity index (χ0v) is 11.5. The number of hydrogen-bond donors (Lipinski definition) is 2. The molecule has 1 saturated carbocycles. The highest BCUT2D eigenvalue weighted by atomic mass is 16.5. The lowest BCUT2D eigenvalue weighted by Gasteiger charge is -2.18. The van der Waals surface area contributed by atoms with Gasteiger partial charge in [-0.25, -0.2) is 0 Å². The van der Waals surface area contributed by atoms with Crippen molar-refractivity contribution in [2.75, 3.05) is 25.4 Å². The molecule has 0 spiro atoms. The lowest BCUT2D eigenvalue weighted by atomic mass is 9.95. The van der Waals surface area contributed by atoms with Gasteiger partial charge in [-0.05, 0) is 56.3 Å². The minimum Gasteiger partial charge on any atom is -0.399 e. The molecule has 2 aliphatic rings. The molecule has 0 radical (unpaired) electrons. The van der Waals surface area contributed by atoms with E-state index in [4.69, 9.17) is 10.5 Å². The summed E-state index contributed by atoms with van der Waals surface area (Å²) in [5.41, 5.74) is 8.42. The van der Waals surface area contributed by atoms with Gasteiger partial charge in [0.15, 0.2) is 0 Å². The molecule has 1 aliphatic carbocycles. The quantitative estimate of drug-likeness (QED) is 0.610. The molecule has 0 aromatic heterocycles. The number of nitrogen functional groups attached to an aromatic ring is 1. The Hall–Kier alpha value is -1.06. The average molecular weight is 260 g/mol. The zero-order chi connectivity index (χ0) is 13.1. The lowest BCUT2D eigenvalue weighted by Crippen LogP contribution is -2.29. The molecule has 1 atom stereocenters. The van der Waals surface area contributed by atoms with Gasteiger partial charge >= 0.3 is 0 Å². The van der Waals surface area contributed by atoms with Crippen LogP contribution >= 0.6 is 0 Å². The fourth-order valence-electron chi connectivity index (χ4n) is 3.02. The van der Waals surface area contributed by atoms with Gasteiger partial charge in [0.2, 0.25) is 0 Å². The molecule has 104 valence electrons. The van der Waals surface area contributed by atoms with Gasteiger partial charge in [-0.15, -0.1) is 0 Å². The van der Waals surface area contributed by atoms with Crippen LogP contribution in [0.5, 0.6) is 0 Å². The van der Waals surface area contributed by atoms with Crippen molar-refractivity contribution in [3.05, 3.63) is 29.8 Å². The second-order valence-corrected chi connectivity index (χ2v) is 6.00. The Bertz CT molecular complexity index is 405. The molecule has 0 amide bonds. The highest BCUT2D eigenvalue weighted by molar-refractivity contribution is 5.43. The summed E-state index contributed by atoms with van der Waals surface area (Å²) >= 11 is 0. The van der Waals surface area contributed by atoms with E-state index in [0.717, 1.165) is 31.8 Å². The van der Waals surface area contributed by atoms with Crippen molar-refractivity contribution in [3.63, 3.8) is 0 Å². The fourth-order valence-corrected chi connectivity index (χ4v) is 3.02. The number of benzene rings is 1. The second kappa shape index (κ2) is 5.51. The van der Waals surface area contributed by atoms with E-state index in [-0.39, 0.29) is 0 Å². The first-order valence-corrected chi connectivity index (χ1v) is 7.47. The van der Waals surface area contributed by atoms with Crippen molar-refractivity contribution in [1.29, 1.82) is 0 Å². The molecule has 3 nitrogen and oxygen atoms in total. The molecule has 3 N–H and O–H groups in total. The zero-order valence-electron chi connectivity index (χ0n) is 11.5. The predicted molar refractivity (Wildman–Crippen MR) is 78.2 cm³/mol. The summed E-state index contributed by atoms with van der Waals surface area (Å²) in [6.07, 6.45) is 6.72. The molecule has 1 unspecified atom stereocenters. The van der Waals surface area contributed by atoms with Crippen LogP contribution in [-0.4, -0.2) is 25.8 Å². The Balaban J connectivity index is 1.45. The maximum Gasteiger partial charge on any atom is 0.0588 e. The monoisotopic (exact) mass is 260 g/mol. The Morgan fingerprint density at radius 2 is 2.05 bits per heavy atom. The normalized spacial score (nSPS) is 24.5. The maximum atomic E-state index is 5.75. The van der Waals surface area contributed by atoms with Gasteiger partial charge in [0.25, 0.3) is 0 Å². The Labute approximate surface area is 115 Å². The Kier molecular flexibility index (Phi) is 3.76. The van der Waals surface area contributed by atoms with E-state index in [0.29, 0.717) is 11.5 Å². The molecule has 0 bridgehead atoms. The van der Waals surface area contributed by atoms with E-state index < -0.39 is 0 Å². The standard InChI is InChI=1S/C16H24N2O/c17-14-5-3-13(4-6-14)16(8-9-16)12-18-10-7-15-2-1-11-19-15/h3-6,15,18H,1-2,7-12,17H2. The van der Waals surface area contributed by atoms with Gasteiger partial charge in [-0.1, -0.05) is 12.1 Å². The first-order valence-electron chi connectivity index (χ1n) is 7.47. The number of ether oxygens (including phenoxy) is 1. The van der Waals surface area contributed by atoms with Crippen LogP contribution in [0.3, 0.4) is 0 Å². The molecule has 2 fully saturated rings. The number of anilines is 1. The van der Waals surface area contributed by atoms with Gasteiger partial charge in [0.1, 0.15) is 0 Å². The van der Waals surface area contributed by atoms with Crippen LogP contribution in [0.2, 0.25) is 0 Å². The molecular weight excluding hydrogens is 236 g/mol. The summed E-state index contributed by atoms with van der Waals surface area (Å²) in [4.78, 5) is 0. The maximum absolute atomic E-state index is 5.75. The van der Waals surface area contributed by atoms with E-state index in [9.17, 15) is 0 Å². The van der Waals surface area contributed by atoms with Crippen molar-refractivity contribution in [1.82, 2.24) is 5.32 Å². The summed E-state index contributed by atoms with van der Waals surface area (Å²) in [5.74, 6) is 0. The highest BCUT2D eigenvalue weighted by Gasteiger charge is 2.43. The Morgan fingerprint density at radius 1 is 1.26 bits per heavy atom. The number of hydrogen-bond acceptors (Lipinski definition) is 3. The van der Waals surface area contributed by atoms with Gasteiger partial charge < -0.3 is 15.8 Å². The van der Waals surface area contributed by atoms with E-state index in [1.807, 2.05) is 12.1 Å². The summed E-state index contributed by atoms with van der Waals surface area (Å²) in [5, 5.41) is 3.62. The molecule has 3 rings (SSSR count). The molecule has 1 aliphatic heterocycles. The van der Waals surface area contributed by atoms with Crippen LogP contribution in [0.4, 0.5) is 5.69 Å². The molecular formula is C16H24N2O. The van der Waals surface area contributed by atoms with Crippen molar-refractivity contribution in [2.45, 2.75) is 43.6 Å². The van der Waals surface area contributed by atoms with Crippen molar-refractivity contribution >= 4 is 5.69 Å². The smallest absolute Gasteiger partial charge is 0.0588 e. The number of nitrogens with two attached hydrogens (primary N) is 1. The number of rotatable bonds is 6. The summed E-state index contributed by atoms with van der Waals surface area (Å²) in [6, 6.07) is 8.40. The van der Waals surface area contributed by atoms with Crippen molar-refractivity contribution in [2.24, 2.45) is 0 Å². The van der Waals surface area contributed by atoms with E-state index in [1.54, 1.807) is 0 Å². The largest absolute Gasteiger partial charge is 0.399 e. The van der Waals surface area contributed by atoms with Gasteiger partial charge in [0.05, 0.1) is 6.10 Å². The van der Waals surface area contributed by atoms with Gasteiger partial charge in [-0.3, -0.25) is 0 Å². The average Bonchev–Trinajstić information content (AvgIpc) is 3.03. The molecule has 19 heavy (non-hydrogen) atoms. The van der Waals surface area contributed by atoms with Crippen LogP contribution in [0.15, 0.2) is 24.3 Å². The van der Waals surface area contributed by atoms with Crippen LogP contribution in [0.1, 0.15) is 37.7 Å². The SMILES string of the molecule is Nc1ccc(C2(CNCCC3CCCO3)CC2)cc1.